The van der Waals surface area contributed by atoms with Crippen molar-refractivity contribution in [2.24, 2.45) is 0 Å². The highest BCUT2D eigenvalue weighted by Crippen LogP contribution is 2.03. The standard InChI is InChI=1S/C10H17N3O3/c1-15-4-5-16-3-2-12-10(14)9-6-8(11)7-13-9/h6-7,13H,2-5,11H2,1H3,(H,12,14). The van der Waals surface area contributed by atoms with Crippen molar-refractivity contribution in [2.75, 3.05) is 39.2 Å². The molecule has 0 atom stereocenters. The van der Waals surface area contributed by atoms with E-state index in [0.29, 0.717) is 37.7 Å². The lowest BCUT2D eigenvalue weighted by Crippen LogP contribution is -2.27. The molecule has 6 heteroatoms. The van der Waals surface area contributed by atoms with Crippen LogP contribution in [0.2, 0.25) is 0 Å². The van der Waals surface area contributed by atoms with Crippen molar-refractivity contribution >= 4 is 11.6 Å². The second kappa shape index (κ2) is 6.86. The van der Waals surface area contributed by atoms with E-state index in [0.717, 1.165) is 0 Å². The van der Waals surface area contributed by atoms with E-state index < -0.39 is 0 Å². The predicted molar refractivity (Wildman–Crippen MR) is 60.2 cm³/mol. The molecule has 0 saturated carbocycles. The number of anilines is 1. The van der Waals surface area contributed by atoms with Crippen LogP contribution in [0.1, 0.15) is 10.5 Å². The lowest BCUT2D eigenvalue weighted by atomic mass is 10.4. The van der Waals surface area contributed by atoms with Crippen LogP contribution in [0.3, 0.4) is 0 Å². The summed E-state index contributed by atoms with van der Waals surface area (Å²) < 4.78 is 10.0. The Balaban J connectivity index is 2.11. The maximum Gasteiger partial charge on any atom is 0.267 e. The minimum atomic E-state index is -0.188. The molecular formula is C10H17N3O3. The Hall–Kier alpha value is -1.53. The molecule has 1 rings (SSSR count). The number of nitrogens with two attached hydrogens (primary N) is 1. The topological polar surface area (TPSA) is 89.4 Å². The number of aromatic amines is 1. The van der Waals surface area contributed by atoms with E-state index in [4.69, 9.17) is 15.2 Å². The number of ether oxygens (including phenoxy) is 2. The van der Waals surface area contributed by atoms with E-state index in [-0.39, 0.29) is 5.91 Å². The van der Waals surface area contributed by atoms with Crippen LogP contribution in [0.15, 0.2) is 12.3 Å². The summed E-state index contributed by atoms with van der Waals surface area (Å²) in [5, 5.41) is 2.70. The van der Waals surface area contributed by atoms with Gasteiger partial charge < -0.3 is 25.5 Å². The molecule has 0 bridgehead atoms. The van der Waals surface area contributed by atoms with Gasteiger partial charge in [0.05, 0.1) is 19.8 Å². The van der Waals surface area contributed by atoms with Gasteiger partial charge in [0, 0.05) is 25.5 Å². The summed E-state index contributed by atoms with van der Waals surface area (Å²) in [4.78, 5) is 14.2. The number of hydrogen-bond acceptors (Lipinski definition) is 4. The van der Waals surface area contributed by atoms with Crippen LogP contribution in [0, 0.1) is 0 Å². The number of hydrogen-bond donors (Lipinski definition) is 3. The monoisotopic (exact) mass is 227 g/mol. The summed E-state index contributed by atoms with van der Waals surface area (Å²) in [6.45, 7) is 2.01. The first kappa shape index (κ1) is 12.5. The van der Waals surface area contributed by atoms with Gasteiger partial charge in [-0.1, -0.05) is 0 Å². The van der Waals surface area contributed by atoms with Crippen molar-refractivity contribution in [3.8, 4) is 0 Å². The lowest BCUT2D eigenvalue weighted by Gasteiger charge is -2.04. The molecule has 16 heavy (non-hydrogen) atoms. The van der Waals surface area contributed by atoms with Crippen molar-refractivity contribution in [3.05, 3.63) is 18.0 Å². The second-order valence-corrected chi connectivity index (χ2v) is 3.21. The van der Waals surface area contributed by atoms with Gasteiger partial charge in [-0.2, -0.15) is 0 Å². The fraction of sp³-hybridized carbons (Fsp3) is 0.500. The molecule has 90 valence electrons. The first-order valence-electron chi connectivity index (χ1n) is 5.03. The Labute approximate surface area is 94.1 Å². The molecule has 1 aromatic heterocycles. The van der Waals surface area contributed by atoms with E-state index in [1.54, 1.807) is 19.4 Å². The number of H-pyrrole nitrogens is 1. The summed E-state index contributed by atoms with van der Waals surface area (Å²) in [7, 11) is 1.61. The lowest BCUT2D eigenvalue weighted by molar-refractivity contribution is 0.0692. The van der Waals surface area contributed by atoms with E-state index in [1.807, 2.05) is 0 Å². The number of nitrogen functional groups attached to an aromatic ring is 1. The predicted octanol–water partition coefficient (Wildman–Crippen LogP) is -0.0103. The average molecular weight is 227 g/mol. The van der Waals surface area contributed by atoms with Gasteiger partial charge in [0.25, 0.3) is 5.91 Å². The zero-order valence-corrected chi connectivity index (χ0v) is 9.29. The molecule has 0 fully saturated rings. The quantitative estimate of drug-likeness (QED) is 0.571. The van der Waals surface area contributed by atoms with E-state index >= 15 is 0 Å². The Bertz CT molecular complexity index is 325. The molecule has 0 saturated heterocycles. The number of aromatic nitrogens is 1. The Morgan fingerprint density at radius 2 is 2.31 bits per heavy atom. The number of nitrogens with one attached hydrogen (secondary N) is 2. The zero-order valence-electron chi connectivity index (χ0n) is 9.29. The summed E-state index contributed by atoms with van der Waals surface area (Å²) >= 11 is 0. The number of rotatable bonds is 7. The number of carbonyl (C=O) groups is 1. The maximum absolute atomic E-state index is 11.5. The number of amides is 1. The molecule has 0 aliphatic rings. The van der Waals surface area contributed by atoms with Crippen LogP contribution in [-0.4, -0.2) is 44.4 Å². The van der Waals surface area contributed by atoms with Crippen molar-refractivity contribution in [3.63, 3.8) is 0 Å². The molecule has 1 amide bonds. The van der Waals surface area contributed by atoms with Gasteiger partial charge >= 0.3 is 0 Å². The van der Waals surface area contributed by atoms with Crippen LogP contribution in [-0.2, 0) is 9.47 Å². The van der Waals surface area contributed by atoms with E-state index in [9.17, 15) is 4.79 Å². The van der Waals surface area contributed by atoms with Crippen LogP contribution in [0.4, 0.5) is 5.69 Å². The SMILES string of the molecule is COCCOCCNC(=O)c1cc(N)c[nH]1. The minimum absolute atomic E-state index is 0.188. The van der Waals surface area contributed by atoms with Gasteiger partial charge in [0.1, 0.15) is 5.69 Å². The smallest absolute Gasteiger partial charge is 0.267 e. The van der Waals surface area contributed by atoms with Gasteiger partial charge in [0.15, 0.2) is 0 Å². The number of methoxy groups -OCH3 is 1. The molecule has 0 aliphatic carbocycles. The zero-order chi connectivity index (χ0) is 11.8. The summed E-state index contributed by atoms with van der Waals surface area (Å²) in [5.41, 5.74) is 6.47. The van der Waals surface area contributed by atoms with E-state index in [1.165, 1.54) is 0 Å². The van der Waals surface area contributed by atoms with Crippen molar-refractivity contribution < 1.29 is 14.3 Å². The van der Waals surface area contributed by atoms with Crippen LogP contribution >= 0.6 is 0 Å². The summed E-state index contributed by atoms with van der Waals surface area (Å²) in [6, 6.07) is 1.58. The Morgan fingerprint density at radius 3 is 2.94 bits per heavy atom. The second-order valence-electron chi connectivity index (χ2n) is 3.21. The fourth-order valence-corrected chi connectivity index (χ4v) is 1.12. The third-order valence-electron chi connectivity index (χ3n) is 1.91. The van der Waals surface area contributed by atoms with Gasteiger partial charge in [-0.25, -0.2) is 0 Å². The minimum Gasteiger partial charge on any atom is -0.397 e. The van der Waals surface area contributed by atoms with Crippen LogP contribution in [0.25, 0.3) is 0 Å². The Morgan fingerprint density at radius 1 is 1.50 bits per heavy atom. The summed E-state index contributed by atoms with van der Waals surface area (Å²) in [5.74, 6) is -0.188. The molecule has 0 aliphatic heterocycles. The van der Waals surface area contributed by atoms with Crippen molar-refractivity contribution in [1.29, 1.82) is 0 Å². The van der Waals surface area contributed by atoms with Gasteiger partial charge in [-0.05, 0) is 6.07 Å². The highest BCUT2D eigenvalue weighted by atomic mass is 16.5. The highest BCUT2D eigenvalue weighted by Gasteiger charge is 2.05. The molecule has 0 spiro atoms. The molecule has 6 nitrogen and oxygen atoms in total. The van der Waals surface area contributed by atoms with Crippen LogP contribution < -0.4 is 11.1 Å². The summed E-state index contributed by atoms with van der Waals surface area (Å²) in [6.07, 6.45) is 1.57. The maximum atomic E-state index is 11.5. The molecular weight excluding hydrogens is 210 g/mol. The van der Waals surface area contributed by atoms with Crippen LogP contribution in [0.5, 0.6) is 0 Å². The van der Waals surface area contributed by atoms with Gasteiger partial charge in [0.2, 0.25) is 0 Å². The fourth-order valence-electron chi connectivity index (χ4n) is 1.12. The molecule has 0 radical (unpaired) electrons. The molecule has 0 aromatic carbocycles. The third-order valence-corrected chi connectivity index (χ3v) is 1.91. The van der Waals surface area contributed by atoms with Gasteiger partial charge in [-0.15, -0.1) is 0 Å². The average Bonchev–Trinajstić information content (AvgIpc) is 2.70. The largest absolute Gasteiger partial charge is 0.397 e. The van der Waals surface area contributed by atoms with Gasteiger partial charge in [-0.3, -0.25) is 4.79 Å². The molecule has 1 aromatic rings. The molecule has 1 heterocycles. The molecule has 0 unspecified atom stereocenters. The first-order valence-corrected chi connectivity index (χ1v) is 5.03. The third kappa shape index (κ3) is 4.33. The van der Waals surface area contributed by atoms with Crippen molar-refractivity contribution in [2.45, 2.75) is 0 Å². The first-order chi connectivity index (χ1) is 7.74. The molecule has 4 N–H and O–H groups in total. The normalized spacial score (nSPS) is 10.3. The highest BCUT2D eigenvalue weighted by molar-refractivity contribution is 5.93. The number of carbonyl (C=O) groups excluding carboxylic acids is 1. The van der Waals surface area contributed by atoms with E-state index in [2.05, 4.69) is 10.3 Å². The Kier molecular flexibility index (Phi) is 5.38. The van der Waals surface area contributed by atoms with Crippen molar-refractivity contribution in [1.82, 2.24) is 10.3 Å².